The number of aliphatic hydroxyl groups is 1. The minimum Gasteiger partial charge on any atom is -0.391 e. The summed E-state index contributed by atoms with van der Waals surface area (Å²) in [6.07, 6.45) is 4.46. The number of hydrogen-bond acceptors (Lipinski definition) is 2. The molecule has 21 heavy (non-hydrogen) atoms. The Morgan fingerprint density at radius 2 is 1.86 bits per heavy atom. The van der Waals surface area contributed by atoms with Gasteiger partial charge in [0, 0.05) is 16.4 Å². The SMILES string of the molecule is CCN(CC)C1(C(O)Cc2cc(F)cc(Br)c2)CCCC1. The van der Waals surface area contributed by atoms with Gasteiger partial charge < -0.3 is 5.11 Å². The predicted molar refractivity (Wildman–Crippen MR) is 87.9 cm³/mol. The number of likely N-dealkylation sites (N-methyl/N-ethyl adjacent to an activating group) is 1. The van der Waals surface area contributed by atoms with Gasteiger partial charge in [-0.05, 0) is 49.7 Å². The van der Waals surface area contributed by atoms with Gasteiger partial charge in [0.05, 0.1) is 6.10 Å². The first-order valence-corrected chi connectivity index (χ1v) is 8.69. The Hall–Kier alpha value is -0.450. The van der Waals surface area contributed by atoms with Crippen LogP contribution in [0.15, 0.2) is 22.7 Å². The quantitative estimate of drug-likeness (QED) is 0.826. The van der Waals surface area contributed by atoms with Gasteiger partial charge in [-0.15, -0.1) is 0 Å². The Kier molecular flexibility index (Phi) is 5.81. The van der Waals surface area contributed by atoms with Crippen LogP contribution >= 0.6 is 15.9 Å². The summed E-state index contributed by atoms with van der Waals surface area (Å²) in [4.78, 5) is 2.39. The smallest absolute Gasteiger partial charge is 0.124 e. The summed E-state index contributed by atoms with van der Waals surface area (Å²) in [5, 5.41) is 10.9. The maximum absolute atomic E-state index is 13.5. The van der Waals surface area contributed by atoms with Gasteiger partial charge >= 0.3 is 0 Å². The molecule has 0 spiro atoms. The summed E-state index contributed by atoms with van der Waals surface area (Å²) in [6, 6.07) is 4.88. The number of nitrogens with zero attached hydrogens (tertiary/aromatic N) is 1. The zero-order valence-electron chi connectivity index (χ0n) is 12.9. The van der Waals surface area contributed by atoms with E-state index in [-0.39, 0.29) is 11.4 Å². The summed E-state index contributed by atoms with van der Waals surface area (Å²) in [6.45, 7) is 6.19. The first kappa shape index (κ1) is 16.9. The Balaban J connectivity index is 2.20. The monoisotopic (exact) mass is 357 g/mol. The molecule has 0 aromatic heterocycles. The summed E-state index contributed by atoms with van der Waals surface area (Å²) in [7, 11) is 0. The highest BCUT2D eigenvalue weighted by Crippen LogP contribution is 2.39. The van der Waals surface area contributed by atoms with Crippen LogP contribution in [0.3, 0.4) is 0 Å². The summed E-state index contributed by atoms with van der Waals surface area (Å²) in [5.74, 6) is -0.255. The van der Waals surface area contributed by atoms with Gasteiger partial charge in [-0.2, -0.15) is 0 Å². The van der Waals surface area contributed by atoms with E-state index in [1.54, 1.807) is 0 Å². The fourth-order valence-corrected chi connectivity index (χ4v) is 4.36. The van der Waals surface area contributed by atoms with Crippen molar-refractivity contribution < 1.29 is 9.50 Å². The Morgan fingerprint density at radius 3 is 2.38 bits per heavy atom. The van der Waals surface area contributed by atoms with Crippen molar-refractivity contribution in [3.63, 3.8) is 0 Å². The zero-order chi connectivity index (χ0) is 15.5. The minimum absolute atomic E-state index is 0.137. The van der Waals surface area contributed by atoms with Gasteiger partial charge in [0.2, 0.25) is 0 Å². The Labute approximate surface area is 135 Å². The molecule has 2 nitrogen and oxygen atoms in total. The molecule has 1 aromatic rings. The molecular formula is C17H25BrFNO. The van der Waals surface area contributed by atoms with E-state index in [2.05, 4.69) is 34.7 Å². The van der Waals surface area contributed by atoms with E-state index < -0.39 is 6.10 Å². The molecular weight excluding hydrogens is 333 g/mol. The summed E-state index contributed by atoms with van der Waals surface area (Å²) < 4.78 is 14.2. The van der Waals surface area contributed by atoms with E-state index in [0.29, 0.717) is 6.42 Å². The standard InChI is InChI=1S/C17H25BrFNO/c1-3-20(4-2)17(7-5-6-8-17)16(21)11-13-9-14(18)12-15(19)10-13/h9-10,12,16,21H,3-8,11H2,1-2H3. The molecule has 1 aliphatic carbocycles. The first-order chi connectivity index (χ1) is 10.0. The van der Waals surface area contributed by atoms with Crippen molar-refractivity contribution in [2.45, 2.75) is 57.6 Å². The topological polar surface area (TPSA) is 23.5 Å². The molecule has 0 bridgehead atoms. The van der Waals surface area contributed by atoms with Crippen molar-refractivity contribution in [1.29, 1.82) is 0 Å². The number of hydrogen-bond donors (Lipinski definition) is 1. The van der Waals surface area contributed by atoms with E-state index in [1.807, 2.05) is 6.07 Å². The molecule has 1 fully saturated rings. The first-order valence-electron chi connectivity index (χ1n) is 7.90. The van der Waals surface area contributed by atoms with Gasteiger partial charge in [-0.3, -0.25) is 4.90 Å². The van der Waals surface area contributed by atoms with Crippen molar-refractivity contribution in [2.75, 3.05) is 13.1 Å². The molecule has 1 saturated carbocycles. The molecule has 4 heteroatoms. The number of benzene rings is 1. The summed E-state index contributed by atoms with van der Waals surface area (Å²) >= 11 is 3.32. The van der Waals surface area contributed by atoms with Crippen LogP contribution in [0, 0.1) is 5.82 Å². The van der Waals surface area contributed by atoms with Gasteiger partial charge in [0.15, 0.2) is 0 Å². The molecule has 2 rings (SSSR count). The molecule has 1 N–H and O–H groups in total. The second-order valence-corrected chi connectivity index (χ2v) is 6.90. The number of rotatable bonds is 6. The normalized spacial score (nSPS) is 19.1. The van der Waals surface area contributed by atoms with E-state index in [4.69, 9.17) is 0 Å². The largest absolute Gasteiger partial charge is 0.391 e. The highest BCUT2D eigenvalue weighted by Gasteiger charge is 2.44. The fourth-order valence-electron chi connectivity index (χ4n) is 3.84. The Bertz CT molecular complexity index is 450. The molecule has 118 valence electrons. The maximum Gasteiger partial charge on any atom is 0.124 e. The highest BCUT2D eigenvalue weighted by molar-refractivity contribution is 9.10. The van der Waals surface area contributed by atoms with Crippen molar-refractivity contribution >= 4 is 15.9 Å². The zero-order valence-corrected chi connectivity index (χ0v) is 14.5. The minimum atomic E-state index is -0.450. The number of aliphatic hydroxyl groups excluding tert-OH is 1. The number of halogens is 2. The van der Waals surface area contributed by atoms with Gasteiger partial charge in [-0.1, -0.05) is 42.6 Å². The molecule has 1 atom stereocenters. The van der Waals surface area contributed by atoms with Crippen molar-refractivity contribution in [3.8, 4) is 0 Å². The van der Waals surface area contributed by atoms with Crippen LogP contribution in [-0.2, 0) is 6.42 Å². The molecule has 1 aliphatic rings. The van der Waals surface area contributed by atoms with Crippen LogP contribution in [0.25, 0.3) is 0 Å². The van der Waals surface area contributed by atoms with Crippen LogP contribution in [0.5, 0.6) is 0 Å². The maximum atomic E-state index is 13.5. The van der Waals surface area contributed by atoms with Crippen LogP contribution in [-0.4, -0.2) is 34.7 Å². The molecule has 0 radical (unpaired) electrons. The molecule has 0 saturated heterocycles. The van der Waals surface area contributed by atoms with Crippen LogP contribution in [0.4, 0.5) is 4.39 Å². The van der Waals surface area contributed by atoms with Crippen LogP contribution in [0.2, 0.25) is 0 Å². The molecule has 1 aromatic carbocycles. The third kappa shape index (κ3) is 3.66. The van der Waals surface area contributed by atoms with E-state index >= 15 is 0 Å². The third-order valence-electron chi connectivity index (χ3n) is 4.83. The lowest BCUT2D eigenvalue weighted by Gasteiger charge is -2.44. The van der Waals surface area contributed by atoms with Crippen molar-refractivity contribution in [2.24, 2.45) is 0 Å². The second-order valence-electron chi connectivity index (χ2n) is 5.98. The lowest BCUT2D eigenvalue weighted by Crippen LogP contribution is -2.55. The average Bonchev–Trinajstić information content (AvgIpc) is 2.89. The van der Waals surface area contributed by atoms with Crippen molar-refractivity contribution in [3.05, 3.63) is 34.1 Å². The lowest BCUT2D eigenvalue weighted by atomic mass is 9.84. The fraction of sp³-hybridized carbons (Fsp3) is 0.647. The molecule has 0 amide bonds. The lowest BCUT2D eigenvalue weighted by molar-refractivity contribution is -0.0244. The van der Waals surface area contributed by atoms with Gasteiger partial charge in [0.25, 0.3) is 0 Å². The van der Waals surface area contributed by atoms with E-state index in [1.165, 1.54) is 25.0 Å². The van der Waals surface area contributed by atoms with Crippen LogP contribution in [0.1, 0.15) is 45.1 Å². The molecule has 0 heterocycles. The molecule has 1 unspecified atom stereocenters. The third-order valence-corrected chi connectivity index (χ3v) is 5.29. The summed E-state index contributed by atoms with van der Waals surface area (Å²) in [5.41, 5.74) is 0.718. The van der Waals surface area contributed by atoms with Crippen molar-refractivity contribution in [1.82, 2.24) is 4.90 Å². The van der Waals surface area contributed by atoms with Gasteiger partial charge in [0.1, 0.15) is 5.82 Å². The highest BCUT2D eigenvalue weighted by atomic mass is 79.9. The second kappa shape index (κ2) is 7.21. The van der Waals surface area contributed by atoms with E-state index in [9.17, 15) is 9.50 Å². The average molecular weight is 358 g/mol. The Morgan fingerprint density at radius 1 is 1.24 bits per heavy atom. The van der Waals surface area contributed by atoms with Crippen LogP contribution < -0.4 is 0 Å². The van der Waals surface area contributed by atoms with E-state index in [0.717, 1.165) is 36.0 Å². The molecule has 0 aliphatic heterocycles. The predicted octanol–water partition coefficient (Wildman–Crippen LogP) is 4.15. The van der Waals surface area contributed by atoms with Gasteiger partial charge in [-0.25, -0.2) is 4.39 Å².